The maximum absolute atomic E-state index is 6.65. The van der Waals surface area contributed by atoms with Gasteiger partial charge in [-0.1, -0.05) is 85.7 Å². The van der Waals surface area contributed by atoms with Crippen molar-refractivity contribution < 1.29 is 0 Å². The first-order valence-electron chi connectivity index (χ1n) is 9.80. The first kappa shape index (κ1) is 25.5. The minimum absolute atomic E-state index is 0.236. The number of benzene rings is 1. The van der Waals surface area contributed by atoms with Crippen LogP contribution >= 0.6 is 32.8 Å². The molecule has 0 bridgehead atoms. The number of nitrogens with two attached hydrogens (primary N) is 1. The first-order valence-corrected chi connectivity index (χ1v) is 14.4. The largest absolute Gasteiger partial charge is 0.398 e. The average Bonchev–Trinajstić information content (AvgIpc) is 2.65. The third-order valence-corrected chi connectivity index (χ3v) is 9.25. The Morgan fingerprint density at radius 1 is 0.786 bits per heavy atom. The Kier molecular flexibility index (Phi) is 11.8. The van der Waals surface area contributed by atoms with Crippen molar-refractivity contribution in [1.82, 2.24) is 0 Å². The quantitative estimate of drug-likeness (QED) is 0.246. The lowest BCUT2D eigenvalue weighted by molar-refractivity contribution is 0.535. The molecule has 0 fully saturated rings. The predicted octanol–water partition coefficient (Wildman–Crippen LogP) is 7.68. The molecule has 28 heavy (non-hydrogen) atoms. The van der Waals surface area contributed by atoms with E-state index in [9.17, 15) is 0 Å². The molecule has 1 aromatic carbocycles. The highest BCUT2D eigenvalue weighted by Crippen LogP contribution is 2.47. The molecule has 0 atom stereocenters. The summed E-state index contributed by atoms with van der Waals surface area (Å²) in [5, 5.41) is 0.471. The van der Waals surface area contributed by atoms with Crippen molar-refractivity contribution in [3.63, 3.8) is 0 Å². The minimum atomic E-state index is 0.236. The number of nitrogens with zero attached hydrogens (tertiary/aromatic N) is 1. The van der Waals surface area contributed by atoms with Gasteiger partial charge >= 0.3 is 0 Å². The maximum Gasteiger partial charge on any atom is 0.0685 e. The molecule has 0 unspecified atom stereocenters. The van der Waals surface area contributed by atoms with Gasteiger partial charge in [-0.25, -0.2) is 0 Å². The van der Waals surface area contributed by atoms with E-state index >= 15 is 0 Å². The van der Waals surface area contributed by atoms with Gasteiger partial charge in [-0.3, -0.25) is 0 Å². The molecular formula is C22H36N2P4. The van der Waals surface area contributed by atoms with Crippen molar-refractivity contribution in [2.75, 3.05) is 23.7 Å². The van der Waals surface area contributed by atoms with E-state index in [1.807, 2.05) is 0 Å². The fourth-order valence-electron chi connectivity index (χ4n) is 3.00. The summed E-state index contributed by atoms with van der Waals surface area (Å²) >= 11 is 0. The SMILES string of the molecule is C=PC(P=C)c1cc(N(CCC(C)C)CCC(C)C)cc(C(P=C)P=C)c1N. The van der Waals surface area contributed by atoms with Crippen LogP contribution < -0.4 is 10.6 Å². The summed E-state index contributed by atoms with van der Waals surface area (Å²) in [6, 6.07) is 4.58. The second-order valence-corrected chi connectivity index (χ2v) is 12.2. The normalized spacial score (nSPS) is 14.4. The summed E-state index contributed by atoms with van der Waals surface area (Å²) in [5.74, 6) is 1.37. The molecule has 0 radical (unpaired) electrons. The van der Waals surface area contributed by atoms with Crippen molar-refractivity contribution in [1.29, 1.82) is 0 Å². The summed E-state index contributed by atoms with van der Waals surface area (Å²) in [6.07, 6.45) is 18.8. The van der Waals surface area contributed by atoms with Crippen LogP contribution in [-0.2, 0) is 0 Å². The molecule has 0 aliphatic carbocycles. The van der Waals surface area contributed by atoms with Crippen LogP contribution in [0.1, 0.15) is 62.5 Å². The predicted molar refractivity (Wildman–Crippen MR) is 144 cm³/mol. The minimum Gasteiger partial charge on any atom is -0.398 e. The van der Waals surface area contributed by atoms with Gasteiger partial charge in [0.2, 0.25) is 0 Å². The van der Waals surface area contributed by atoms with Crippen LogP contribution in [0.15, 0.2) is 12.1 Å². The molecule has 0 amide bonds. The monoisotopic (exact) mass is 452 g/mol. The van der Waals surface area contributed by atoms with E-state index < -0.39 is 0 Å². The number of hydrogen-bond donors (Lipinski definition) is 1. The molecule has 1 aromatic rings. The Morgan fingerprint density at radius 3 is 1.43 bits per heavy atom. The lowest BCUT2D eigenvalue weighted by Gasteiger charge is -2.29. The Bertz CT molecular complexity index is 616. The summed E-state index contributed by atoms with van der Waals surface area (Å²) in [6.45, 7) is 11.3. The summed E-state index contributed by atoms with van der Waals surface area (Å²) < 4.78 is 0. The third kappa shape index (κ3) is 7.39. The molecule has 154 valence electrons. The number of rotatable bonds is 13. The van der Waals surface area contributed by atoms with Gasteiger partial charge < -0.3 is 10.6 Å². The van der Waals surface area contributed by atoms with Gasteiger partial charge in [0.25, 0.3) is 0 Å². The molecular weight excluding hydrogens is 416 g/mol. The molecule has 6 heteroatoms. The van der Waals surface area contributed by atoms with Gasteiger partial charge in [-0.05, 0) is 47.9 Å². The van der Waals surface area contributed by atoms with Crippen LogP contribution in [0.2, 0.25) is 0 Å². The molecule has 0 saturated heterocycles. The molecule has 0 spiro atoms. The maximum atomic E-state index is 6.65. The van der Waals surface area contributed by atoms with E-state index in [1.165, 1.54) is 29.7 Å². The Morgan fingerprint density at radius 2 is 1.14 bits per heavy atom. The summed E-state index contributed by atoms with van der Waals surface area (Å²) in [4.78, 5) is 2.54. The fourth-order valence-corrected chi connectivity index (χ4v) is 5.56. The van der Waals surface area contributed by atoms with E-state index in [-0.39, 0.29) is 10.8 Å². The zero-order valence-corrected chi connectivity index (χ0v) is 21.5. The zero-order valence-electron chi connectivity index (χ0n) is 17.9. The van der Waals surface area contributed by atoms with Crippen LogP contribution in [0.4, 0.5) is 11.4 Å². The van der Waals surface area contributed by atoms with Gasteiger partial charge in [-0.2, -0.15) is 0 Å². The standard InChI is InChI=1S/C22H36N2P4/c1-15(2)9-11-24(12-10-16(3)4)17-13-18(21(25-5)26-6)20(23)19(14-17)22(27-7)28-8/h13-16,21-22H,5-12,23H2,1-4H3. The van der Waals surface area contributed by atoms with Crippen molar-refractivity contribution in [3.05, 3.63) is 23.3 Å². The molecule has 0 aromatic heterocycles. The second kappa shape index (κ2) is 12.9. The van der Waals surface area contributed by atoms with Gasteiger partial charge in [0, 0.05) is 24.5 Å². The van der Waals surface area contributed by atoms with Crippen LogP contribution in [-0.4, -0.2) is 38.3 Å². The van der Waals surface area contributed by atoms with Gasteiger partial charge in [0.15, 0.2) is 0 Å². The van der Waals surface area contributed by atoms with Crippen molar-refractivity contribution in [3.8, 4) is 0 Å². The second-order valence-electron chi connectivity index (χ2n) is 7.87. The van der Waals surface area contributed by atoms with E-state index in [0.717, 1.165) is 51.6 Å². The Hall–Kier alpha value is -0.500. The Labute approximate surface area is 179 Å². The molecule has 1 rings (SSSR count). The fraction of sp³-hybridized carbons (Fsp3) is 0.545. The number of hydrogen-bond acceptors (Lipinski definition) is 2. The van der Waals surface area contributed by atoms with Crippen LogP contribution in [0.3, 0.4) is 0 Å². The molecule has 2 N–H and O–H groups in total. The Balaban J connectivity index is 3.52. The van der Waals surface area contributed by atoms with Crippen molar-refractivity contribution in [2.24, 2.45) is 11.8 Å². The summed E-state index contributed by atoms with van der Waals surface area (Å²) in [7, 11) is 4.22. The molecule has 0 saturated carbocycles. The lowest BCUT2D eigenvalue weighted by atomic mass is 10.0. The van der Waals surface area contributed by atoms with Gasteiger partial charge in [-0.15, -0.1) is 0 Å². The molecule has 2 nitrogen and oxygen atoms in total. The summed E-state index contributed by atoms with van der Waals surface area (Å²) in [5.41, 5.74) is 11.2. The van der Waals surface area contributed by atoms with E-state index in [0.29, 0.717) is 11.8 Å². The van der Waals surface area contributed by atoms with Crippen LogP contribution in [0.5, 0.6) is 0 Å². The topological polar surface area (TPSA) is 29.3 Å². The average molecular weight is 452 g/mol. The molecule has 0 aliphatic rings. The van der Waals surface area contributed by atoms with Crippen molar-refractivity contribution >= 4 is 69.4 Å². The number of nitrogen functional groups attached to an aromatic ring is 1. The molecule has 0 aliphatic heterocycles. The first-order chi connectivity index (χ1) is 13.3. The zero-order chi connectivity index (χ0) is 21.3. The van der Waals surface area contributed by atoms with Crippen LogP contribution in [0, 0.1) is 11.8 Å². The van der Waals surface area contributed by atoms with E-state index in [1.54, 1.807) is 0 Å². The van der Waals surface area contributed by atoms with Gasteiger partial charge in [0.1, 0.15) is 0 Å². The third-order valence-electron chi connectivity index (χ3n) is 4.79. The van der Waals surface area contributed by atoms with Gasteiger partial charge in [0.05, 0.1) is 10.8 Å². The highest BCUT2D eigenvalue weighted by molar-refractivity contribution is 7.55. The lowest BCUT2D eigenvalue weighted by Crippen LogP contribution is -2.28. The highest BCUT2D eigenvalue weighted by Gasteiger charge is 2.20. The smallest absolute Gasteiger partial charge is 0.0685 e. The van der Waals surface area contributed by atoms with Crippen molar-refractivity contribution in [2.45, 2.75) is 51.3 Å². The van der Waals surface area contributed by atoms with E-state index in [4.69, 9.17) is 5.73 Å². The van der Waals surface area contributed by atoms with Crippen LogP contribution in [0.25, 0.3) is 0 Å². The number of anilines is 2. The van der Waals surface area contributed by atoms with E-state index in [2.05, 4.69) is 69.9 Å². The molecule has 0 heterocycles. The highest BCUT2D eigenvalue weighted by atomic mass is 31.1.